The predicted octanol–water partition coefficient (Wildman–Crippen LogP) is 1.41. The molecule has 0 spiro atoms. The van der Waals surface area contributed by atoms with Gasteiger partial charge in [-0.15, -0.1) is 0 Å². The Hall–Kier alpha value is -2.41. The summed E-state index contributed by atoms with van der Waals surface area (Å²) in [6.07, 6.45) is 0.725. The molecule has 7 nitrogen and oxygen atoms in total. The summed E-state index contributed by atoms with van der Waals surface area (Å²) in [6.45, 7) is 3.11. The topological polar surface area (TPSA) is 122 Å². The van der Waals surface area contributed by atoms with E-state index in [0.717, 1.165) is 0 Å². The number of carboxylic acid groups (broad SMARTS) is 1. The summed E-state index contributed by atoms with van der Waals surface area (Å²) in [5.74, 6) is -1.80. The molecule has 0 fully saturated rings. The molecule has 0 radical (unpaired) electrons. The van der Waals surface area contributed by atoms with Gasteiger partial charge in [0.15, 0.2) is 0 Å². The Labute approximate surface area is 122 Å². The minimum Gasteiger partial charge on any atom is -0.478 e. The molecule has 1 rings (SSSR count). The number of rotatable bonds is 6. The molecule has 1 atom stereocenters. The number of amides is 2. The number of nitrogens with one attached hydrogen (secondary N) is 2. The summed E-state index contributed by atoms with van der Waals surface area (Å²) in [6, 6.07) is 4.16. The molecule has 0 aliphatic heterocycles. The third-order valence-corrected chi connectivity index (χ3v) is 2.67. The minimum absolute atomic E-state index is 0.0876. The molecule has 0 saturated carbocycles. The quantitative estimate of drug-likeness (QED) is 0.631. The number of carboxylic acids is 1. The van der Waals surface area contributed by atoms with Gasteiger partial charge in [-0.3, -0.25) is 9.59 Å². The van der Waals surface area contributed by atoms with Gasteiger partial charge in [0.1, 0.15) is 0 Å². The van der Waals surface area contributed by atoms with Crippen LogP contribution in [-0.4, -0.2) is 28.9 Å². The van der Waals surface area contributed by atoms with Gasteiger partial charge in [-0.2, -0.15) is 0 Å². The van der Waals surface area contributed by atoms with Crippen LogP contribution in [-0.2, 0) is 9.59 Å². The highest BCUT2D eigenvalue weighted by molar-refractivity contribution is 6.02. The predicted molar refractivity (Wildman–Crippen MR) is 79.2 cm³/mol. The first-order valence-electron chi connectivity index (χ1n) is 6.50. The molecule has 7 heteroatoms. The minimum atomic E-state index is -1.19. The van der Waals surface area contributed by atoms with Crippen molar-refractivity contribution in [2.45, 2.75) is 32.7 Å². The van der Waals surface area contributed by atoms with Gasteiger partial charge in [0.05, 0.1) is 11.3 Å². The Morgan fingerprint density at radius 3 is 2.48 bits per heavy atom. The van der Waals surface area contributed by atoms with Gasteiger partial charge in [-0.25, -0.2) is 4.79 Å². The Morgan fingerprint density at radius 1 is 1.29 bits per heavy atom. The summed E-state index contributed by atoms with van der Waals surface area (Å²) >= 11 is 0. The molecule has 114 valence electrons. The molecule has 0 aliphatic carbocycles. The summed E-state index contributed by atoms with van der Waals surface area (Å²) < 4.78 is 0. The maximum Gasteiger partial charge on any atom is 0.337 e. The zero-order valence-corrected chi connectivity index (χ0v) is 12.0. The van der Waals surface area contributed by atoms with Crippen LogP contribution in [0.2, 0.25) is 0 Å². The summed E-state index contributed by atoms with van der Waals surface area (Å²) in [5, 5.41) is 14.2. The van der Waals surface area contributed by atoms with Gasteiger partial charge in [0.2, 0.25) is 11.8 Å². The van der Waals surface area contributed by atoms with E-state index in [0.29, 0.717) is 12.1 Å². The van der Waals surface area contributed by atoms with Crippen molar-refractivity contribution < 1.29 is 19.5 Å². The molecule has 5 N–H and O–H groups in total. The van der Waals surface area contributed by atoms with Crippen LogP contribution in [0.5, 0.6) is 0 Å². The highest BCUT2D eigenvalue weighted by atomic mass is 16.4. The van der Waals surface area contributed by atoms with Crippen LogP contribution in [0.1, 0.15) is 37.0 Å². The van der Waals surface area contributed by atoms with Crippen molar-refractivity contribution in [3.05, 3.63) is 23.8 Å². The number of aromatic carboxylic acids is 1. The second kappa shape index (κ2) is 7.39. The van der Waals surface area contributed by atoms with Crippen LogP contribution in [0.25, 0.3) is 0 Å². The third kappa shape index (κ3) is 5.62. The normalized spacial score (nSPS) is 11.6. The number of benzene rings is 1. The number of carbonyl (C=O) groups is 3. The molecule has 0 aromatic heterocycles. The number of hydrogen-bond donors (Lipinski definition) is 4. The second-order valence-corrected chi connectivity index (χ2v) is 4.81. The maximum atomic E-state index is 11.7. The Kier molecular flexibility index (Phi) is 5.86. The lowest BCUT2D eigenvalue weighted by Gasteiger charge is -2.11. The summed E-state index contributed by atoms with van der Waals surface area (Å²) in [4.78, 5) is 33.9. The van der Waals surface area contributed by atoms with Crippen molar-refractivity contribution in [2.24, 2.45) is 5.73 Å². The molecule has 1 aromatic rings. The van der Waals surface area contributed by atoms with Gasteiger partial charge in [0, 0.05) is 25.1 Å². The summed E-state index contributed by atoms with van der Waals surface area (Å²) in [5.41, 5.74) is 6.02. The van der Waals surface area contributed by atoms with Gasteiger partial charge >= 0.3 is 5.97 Å². The summed E-state index contributed by atoms with van der Waals surface area (Å²) in [7, 11) is 0. The third-order valence-electron chi connectivity index (χ3n) is 2.67. The van der Waals surface area contributed by atoms with Gasteiger partial charge in [0.25, 0.3) is 0 Å². The average molecular weight is 293 g/mol. The first-order valence-corrected chi connectivity index (χ1v) is 6.50. The standard InChI is InChI=1S/C14H19N3O4/c1-8(15)3-6-13(19)17-12-5-4-10(16-9(2)18)7-11(12)14(20)21/h4-5,7-8H,3,6,15H2,1-2H3,(H,16,18)(H,17,19)(H,20,21). The molecule has 0 heterocycles. The van der Waals surface area contributed by atoms with E-state index in [1.165, 1.54) is 25.1 Å². The molecule has 21 heavy (non-hydrogen) atoms. The fraction of sp³-hybridized carbons (Fsp3) is 0.357. The van der Waals surface area contributed by atoms with E-state index in [4.69, 9.17) is 5.73 Å². The van der Waals surface area contributed by atoms with Gasteiger partial charge < -0.3 is 21.5 Å². The van der Waals surface area contributed by atoms with Crippen molar-refractivity contribution in [2.75, 3.05) is 10.6 Å². The number of nitrogens with two attached hydrogens (primary N) is 1. The second-order valence-electron chi connectivity index (χ2n) is 4.81. The molecular weight excluding hydrogens is 274 g/mol. The van der Waals surface area contributed by atoms with Crippen molar-refractivity contribution in [3.63, 3.8) is 0 Å². The van der Waals surface area contributed by atoms with E-state index in [1.807, 2.05) is 0 Å². The monoisotopic (exact) mass is 293 g/mol. The zero-order valence-electron chi connectivity index (χ0n) is 12.0. The highest BCUT2D eigenvalue weighted by Gasteiger charge is 2.14. The largest absolute Gasteiger partial charge is 0.478 e. The molecule has 2 amide bonds. The van der Waals surface area contributed by atoms with E-state index >= 15 is 0 Å². The lowest BCUT2D eigenvalue weighted by molar-refractivity contribution is -0.116. The molecule has 0 saturated heterocycles. The average Bonchev–Trinajstić information content (AvgIpc) is 2.37. The van der Waals surface area contributed by atoms with E-state index in [9.17, 15) is 19.5 Å². The van der Waals surface area contributed by atoms with E-state index < -0.39 is 5.97 Å². The van der Waals surface area contributed by atoms with Gasteiger partial charge in [-0.05, 0) is 31.5 Å². The first-order chi connectivity index (χ1) is 9.79. The van der Waals surface area contributed by atoms with E-state index in [2.05, 4.69) is 10.6 Å². The smallest absolute Gasteiger partial charge is 0.337 e. The fourth-order valence-electron chi connectivity index (χ4n) is 1.68. The van der Waals surface area contributed by atoms with Gasteiger partial charge in [-0.1, -0.05) is 0 Å². The Balaban J connectivity index is 2.88. The fourth-order valence-corrected chi connectivity index (χ4v) is 1.68. The molecule has 0 aliphatic rings. The molecule has 0 bridgehead atoms. The Morgan fingerprint density at radius 2 is 1.95 bits per heavy atom. The molecular formula is C14H19N3O4. The number of carbonyl (C=O) groups excluding carboxylic acids is 2. The van der Waals surface area contributed by atoms with Crippen LogP contribution in [0.15, 0.2) is 18.2 Å². The van der Waals surface area contributed by atoms with Crippen LogP contribution in [0.3, 0.4) is 0 Å². The molecule has 1 aromatic carbocycles. The SMILES string of the molecule is CC(=O)Nc1ccc(NC(=O)CCC(C)N)c(C(=O)O)c1. The van der Waals surface area contributed by atoms with Crippen LogP contribution in [0, 0.1) is 0 Å². The van der Waals surface area contributed by atoms with Crippen LogP contribution >= 0.6 is 0 Å². The van der Waals surface area contributed by atoms with E-state index in [-0.39, 0.29) is 35.5 Å². The Bertz CT molecular complexity index is 555. The van der Waals surface area contributed by atoms with Crippen molar-refractivity contribution >= 4 is 29.2 Å². The van der Waals surface area contributed by atoms with Crippen molar-refractivity contribution in [3.8, 4) is 0 Å². The number of hydrogen-bond acceptors (Lipinski definition) is 4. The lowest BCUT2D eigenvalue weighted by Crippen LogP contribution is -2.20. The first kappa shape index (κ1) is 16.6. The van der Waals surface area contributed by atoms with E-state index in [1.54, 1.807) is 6.92 Å². The zero-order chi connectivity index (χ0) is 16.0. The van der Waals surface area contributed by atoms with Crippen LogP contribution < -0.4 is 16.4 Å². The van der Waals surface area contributed by atoms with Crippen molar-refractivity contribution in [1.82, 2.24) is 0 Å². The maximum absolute atomic E-state index is 11.7. The van der Waals surface area contributed by atoms with Crippen molar-refractivity contribution in [1.29, 1.82) is 0 Å². The lowest BCUT2D eigenvalue weighted by atomic mass is 10.1. The molecule has 1 unspecified atom stereocenters. The highest BCUT2D eigenvalue weighted by Crippen LogP contribution is 2.21. The number of anilines is 2. The van der Waals surface area contributed by atoms with Crippen LogP contribution in [0.4, 0.5) is 11.4 Å².